The molecule has 4 nitrogen and oxygen atoms in total. The number of nitrogens with one attached hydrogen (secondary N) is 1. The van der Waals surface area contributed by atoms with E-state index in [9.17, 15) is 4.79 Å². The van der Waals surface area contributed by atoms with Gasteiger partial charge < -0.3 is 11.1 Å². The number of carbonyl (C=O) groups is 1. The summed E-state index contributed by atoms with van der Waals surface area (Å²) in [5.41, 5.74) is 7.05. The fourth-order valence-electron chi connectivity index (χ4n) is 1.82. The van der Waals surface area contributed by atoms with E-state index in [1.54, 1.807) is 6.07 Å². The van der Waals surface area contributed by atoms with E-state index in [-0.39, 0.29) is 5.91 Å². The standard InChI is InChI=1S/C13H17N3OS/c1-16(11-5-6-11)8-12(17)15-10-4-2-3-9(7-10)13(14)18/h2-4,7,11H,5-6,8H2,1H3,(H2,14,18)(H,15,17). The summed E-state index contributed by atoms with van der Waals surface area (Å²) in [6.07, 6.45) is 2.39. The number of thiocarbonyl (C=S) groups is 1. The first-order valence-electron chi connectivity index (χ1n) is 5.96. The molecule has 1 saturated carbocycles. The van der Waals surface area contributed by atoms with Gasteiger partial charge in [0.15, 0.2) is 0 Å². The molecule has 5 heteroatoms. The molecule has 96 valence electrons. The van der Waals surface area contributed by atoms with Crippen LogP contribution in [0, 0.1) is 0 Å². The van der Waals surface area contributed by atoms with Crippen LogP contribution in [-0.4, -0.2) is 35.4 Å². The molecule has 1 fully saturated rings. The molecule has 1 aliphatic carbocycles. The average molecular weight is 263 g/mol. The van der Waals surface area contributed by atoms with Gasteiger partial charge in [-0.2, -0.15) is 0 Å². The number of nitrogens with two attached hydrogens (primary N) is 1. The first kappa shape index (κ1) is 13.0. The zero-order valence-corrected chi connectivity index (χ0v) is 11.2. The third-order valence-electron chi connectivity index (χ3n) is 2.99. The molecular formula is C13H17N3OS. The first-order chi connectivity index (χ1) is 8.56. The van der Waals surface area contributed by atoms with Crippen LogP contribution in [0.4, 0.5) is 5.69 Å². The summed E-state index contributed by atoms with van der Waals surface area (Å²) in [6, 6.07) is 7.86. The van der Waals surface area contributed by atoms with Crippen molar-refractivity contribution < 1.29 is 4.79 Å². The Kier molecular flexibility index (Phi) is 3.93. The van der Waals surface area contributed by atoms with Crippen molar-refractivity contribution in [1.29, 1.82) is 0 Å². The van der Waals surface area contributed by atoms with Crippen LogP contribution in [0.15, 0.2) is 24.3 Å². The summed E-state index contributed by atoms with van der Waals surface area (Å²) >= 11 is 4.90. The van der Waals surface area contributed by atoms with E-state index in [2.05, 4.69) is 10.2 Å². The van der Waals surface area contributed by atoms with E-state index < -0.39 is 0 Å². The van der Waals surface area contributed by atoms with E-state index in [0.29, 0.717) is 17.6 Å². The quantitative estimate of drug-likeness (QED) is 0.787. The highest BCUT2D eigenvalue weighted by Gasteiger charge is 2.27. The Balaban J connectivity index is 1.93. The van der Waals surface area contributed by atoms with Crippen LogP contribution in [0.1, 0.15) is 18.4 Å². The molecule has 0 heterocycles. The third-order valence-corrected chi connectivity index (χ3v) is 3.23. The lowest BCUT2D eigenvalue weighted by molar-refractivity contribution is -0.117. The molecule has 0 atom stereocenters. The van der Waals surface area contributed by atoms with Crippen molar-refractivity contribution in [2.45, 2.75) is 18.9 Å². The summed E-state index contributed by atoms with van der Waals surface area (Å²) < 4.78 is 0. The van der Waals surface area contributed by atoms with Gasteiger partial charge in [-0.25, -0.2) is 0 Å². The van der Waals surface area contributed by atoms with Crippen molar-refractivity contribution >= 4 is 28.8 Å². The predicted molar refractivity (Wildman–Crippen MR) is 76.6 cm³/mol. The Labute approximate surface area is 112 Å². The number of nitrogens with zero attached hydrogens (tertiary/aromatic N) is 1. The van der Waals surface area contributed by atoms with Crippen molar-refractivity contribution in [3.8, 4) is 0 Å². The van der Waals surface area contributed by atoms with Crippen LogP contribution in [0.3, 0.4) is 0 Å². The first-order valence-corrected chi connectivity index (χ1v) is 6.37. The molecule has 1 aromatic carbocycles. The van der Waals surface area contributed by atoms with Gasteiger partial charge in [0.25, 0.3) is 0 Å². The van der Waals surface area contributed by atoms with Gasteiger partial charge in [0.2, 0.25) is 5.91 Å². The maximum atomic E-state index is 11.8. The largest absolute Gasteiger partial charge is 0.389 e. The normalized spacial score (nSPS) is 14.6. The van der Waals surface area contributed by atoms with Crippen LogP contribution in [-0.2, 0) is 4.79 Å². The smallest absolute Gasteiger partial charge is 0.238 e. The second-order valence-electron chi connectivity index (χ2n) is 4.64. The topological polar surface area (TPSA) is 58.4 Å². The number of hydrogen-bond acceptors (Lipinski definition) is 3. The van der Waals surface area contributed by atoms with Crippen LogP contribution < -0.4 is 11.1 Å². The SMILES string of the molecule is CN(CC(=O)Nc1cccc(C(N)=S)c1)C1CC1. The molecule has 2 rings (SSSR count). The van der Waals surface area contributed by atoms with Gasteiger partial charge in [-0.3, -0.25) is 9.69 Å². The molecule has 0 aliphatic heterocycles. The lowest BCUT2D eigenvalue weighted by Crippen LogP contribution is -2.31. The minimum Gasteiger partial charge on any atom is -0.389 e. The summed E-state index contributed by atoms with van der Waals surface area (Å²) in [5.74, 6) is -0.00973. The Hall–Kier alpha value is -1.46. The van der Waals surface area contributed by atoms with Crippen molar-refractivity contribution in [1.82, 2.24) is 4.90 Å². The van der Waals surface area contributed by atoms with Crippen LogP contribution in [0.5, 0.6) is 0 Å². The summed E-state index contributed by atoms with van der Waals surface area (Å²) in [4.78, 5) is 14.2. The zero-order valence-electron chi connectivity index (χ0n) is 10.3. The van der Waals surface area contributed by atoms with E-state index in [1.807, 2.05) is 25.2 Å². The number of amides is 1. The molecule has 1 aliphatic rings. The maximum absolute atomic E-state index is 11.8. The highest BCUT2D eigenvalue weighted by Crippen LogP contribution is 2.24. The Morgan fingerprint density at radius 2 is 2.28 bits per heavy atom. The minimum absolute atomic E-state index is 0.00973. The van der Waals surface area contributed by atoms with E-state index in [1.165, 1.54) is 12.8 Å². The molecule has 18 heavy (non-hydrogen) atoms. The predicted octanol–water partition coefficient (Wildman–Crippen LogP) is 1.35. The van der Waals surface area contributed by atoms with Crippen LogP contribution in [0.2, 0.25) is 0 Å². The van der Waals surface area contributed by atoms with Crippen LogP contribution >= 0.6 is 12.2 Å². The molecule has 0 aromatic heterocycles. The number of hydrogen-bond donors (Lipinski definition) is 2. The summed E-state index contributed by atoms with van der Waals surface area (Å²) in [5, 5.41) is 2.85. The molecule has 3 N–H and O–H groups in total. The molecule has 0 saturated heterocycles. The third kappa shape index (κ3) is 3.51. The molecular weight excluding hydrogens is 246 g/mol. The highest BCUT2D eigenvalue weighted by molar-refractivity contribution is 7.80. The fourth-order valence-corrected chi connectivity index (χ4v) is 1.95. The van der Waals surface area contributed by atoms with Crippen LogP contribution in [0.25, 0.3) is 0 Å². The molecule has 0 bridgehead atoms. The second-order valence-corrected chi connectivity index (χ2v) is 5.08. The zero-order chi connectivity index (χ0) is 13.1. The highest BCUT2D eigenvalue weighted by atomic mass is 32.1. The molecule has 0 spiro atoms. The fraction of sp³-hybridized carbons (Fsp3) is 0.385. The van der Waals surface area contributed by atoms with Gasteiger partial charge in [-0.15, -0.1) is 0 Å². The van der Waals surface area contributed by atoms with E-state index >= 15 is 0 Å². The van der Waals surface area contributed by atoms with Crippen molar-refractivity contribution in [3.63, 3.8) is 0 Å². The van der Waals surface area contributed by atoms with Gasteiger partial charge in [-0.1, -0.05) is 24.4 Å². The second kappa shape index (κ2) is 5.46. The molecule has 0 unspecified atom stereocenters. The number of benzene rings is 1. The number of carbonyl (C=O) groups excluding carboxylic acids is 1. The van der Waals surface area contributed by atoms with E-state index in [4.69, 9.17) is 18.0 Å². The molecule has 1 aromatic rings. The number of anilines is 1. The van der Waals surface area contributed by atoms with Crippen molar-refractivity contribution in [2.75, 3.05) is 18.9 Å². The molecule has 0 radical (unpaired) electrons. The summed E-state index contributed by atoms with van der Waals surface area (Å²) in [6.45, 7) is 0.419. The number of rotatable bonds is 5. The van der Waals surface area contributed by atoms with E-state index in [0.717, 1.165) is 11.3 Å². The van der Waals surface area contributed by atoms with Gasteiger partial charge in [0.05, 0.1) is 6.54 Å². The minimum atomic E-state index is -0.00973. The van der Waals surface area contributed by atoms with Gasteiger partial charge in [0, 0.05) is 17.3 Å². The summed E-state index contributed by atoms with van der Waals surface area (Å²) in [7, 11) is 1.97. The maximum Gasteiger partial charge on any atom is 0.238 e. The Morgan fingerprint density at radius 3 is 2.89 bits per heavy atom. The van der Waals surface area contributed by atoms with Gasteiger partial charge >= 0.3 is 0 Å². The average Bonchev–Trinajstić information content (AvgIpc) is 3.12. The van der Waals surface area contributed by atoms with Gasteiger partial charge in [0.1, 0.15) is 4.99 Å². The lowest BCUT2D eigenvalue weighted by Gasteiger charge is -2.15. The molecule has 1 amide bonds. The van der Waals surface area contributed by atoms with Gasteiger partial charge in [-0.05, 0) is 32.0 Å². The number of likely N-dealkylation sites (N-methyl/N-ethyl adjacent to an activating group) is 1. The Bertz CT molecular complexity index is 471. The Morgan fingerprint density at radius 1 is 1.56 bits per heavy atom. The monoisotopic (exact) mass is 263 g/mol. The van der Waals surface area contributed by atoms with Crippen molar-refractivity contribution in [3.05, 3.63) is 29.8 Å². The van der Waals surface area contributed by atoms with Crippen molar-refractivity contribution in [2.24, 2.45) is 5.73 Å². The lowest BCUT2D eigenvalue weighted by atomic mass is 10.2.